The van der Waals surface area contributed by atoms with Gasteiger partial charge in [-0.3, -0.25) is 4.79 Å². The molecule has 118 valence electrons. The summed E-state index contributed by atoms with van der Waals surface area (Å²) in [6.45, 7) is -0.175. The van der Waals surface area contributed by atoms with Crippen LogP contribution in [0.3, 0.4) is 0 Å². The highest BCUT2D eigenvalue weighted by Gasteiger charge is 2.18. The van der Waals surface area contributed by atoms with Crippen molar-refractivity contribution in [2.24, 2.45) is 0 Å². The molecule has 6 nitrogen and oxygen atoms in total. The topological polar surface area (TPSA) is 81.1 Å². The first-order chi connectivity index (χ1) is 11.7. The van der Waals surface area contributed by atoms with E-state index >= 15 is 0 Å². The van der Waals surface area contributed by atoms with E-state index in [1.807, 2.05) is 60.7 Å². The van der Waals surface area contributed by atoms with Gasteiger partial charge in [0.05, 0.1) is 0 Å². The van der Waals surface area contributed by atoms with E-state index in [1.54, 1.807) is 4.57 Å². The highest BCUT2D eigenvalue weighted by Crippen LogP contribution is 2.28. The molecule has 0 radical (unpaired) electrons. The van der Waals surface area contributed by atoms with Crippen molar-refractivity contribution in [2.45, 2.75) is 6.54 Å². The van der Waals surface area contributed by atoms with E-state index in [2.05, 4.69) is 10.1 Å². The molecule has 0 fully saturated rings. The lowest BCUT2D eigenvalue weighted by Gasteiger charge is -2.04. The highest BCUT2D eigenvalue weighted by molar-refractivity contribution is 5.87. The zero-order valence-electron chi connectivity index (χ0n) is 12.6. The Morgan fingerprint density at radius 3 is 2.62 bits per heavy atom. The van der Waals surface area contributed by atoms with Crippen LogP contribution < -0.4 is 0 Å². The van der Waals surface area contributed by atoms with Gasteiger partial charge in [0.2, 0.25) is 5.82 Å². The molecule has 0 unspecified atom stereocenters. The number of fused-ring (bicyclic) bond motifs is 1. The summed E-state index contributed by atoms with van der Waals surface area (Å²) in [5.74, 6) is -0.163. The Morgan fingerprint density at radius 1 is 1.08 bits per heavy atom. The van der Waals surface area contributed by atoms with Crippen molar-refractivity contribution in [2.75, 3.05) is 0 Å². The predicted octanol–water partition coefficient (Wildman–Crippen LogP) is 3.44. The molecule has 24 heavy (non-hydrogen) atoms. The van der Waals surface area contributed by atoms with E-state index in [9.17, 15) is 9.90 Å². The third-order valence-corrected chi connectivity index (χ3v) is 3.78. The molecule has 0 aliphatic heterocycles. The number of carboxylic acid groups (broad SMARTS) is 1. The number of aliphatic carboxylic acids is 1. The van der Waals surface area contributed by atoms with E-state index in [0.29, 0.717) is 17.4 Å². The van der Waals surface area contributed by atoms with E-state index in [-0.39, 0.29) is 6.54 Å². The Hall–Kier alpha value is -3.41. The van der Waals surface area contributed by atoms with Crippen molar-refractivity contribution in [1.29, 1.82) is 0 Å². The van der Waals surface area contributed by atoms with Gasteiger partial charge in [-0.1, -0.05) is 53.7 Å². The van der Waals surface area contributed by atoms with E-state index in [1.165, 1.54) is 0 Å². The molecule has 0 atom stereocenters. The minimum atomic E-state index is -0.930. The highest BCUT2D eigenvalue weighted by atomic mass is 16.5. The Morgan fingerprint density at radius 2 is 1.83 bits per heavy atom. The van der Waals surface area contributed by atoms with Gasteiger partial charge in [0.25, 0.3) is 5.89 Å². The van der Waals surface area contributed by atoms with Crippen LogP contribution in [0.25, 0.3) is 33.9 Å². The van der Waals surface area contributed by atoms with Gasteiger partial charge in [-0.15, -0.1) is 0 Å². The van der Waals surface area contributed by atoms with Gasteiger partial charge >= 0.3 is 5.97 Å². The first-order valence-corrected chi connectivity index (χ1v) is 7.42. The molecule has 0 saturated carbocycles. The number of benzene rings is 2. The summed E-state index contributed by atoms with van der Waals surface area (Å²) >= 11 is 0. The van der Waals surface area contributed by atoms with Crippen LogP contribution >= 0.6 is 0 Å². The Kier molecular flexibility index (Phi) is 3.35. The van der Waals surface area contributed by atoms with Crippen molar-refractivity contribution in [3.63, 3.8) is 0 Å². The van der Waals surface area contributed by atoms with Crippen molar-refractivity contribution in [1.82, 2.24) is 14.7 Å². The number of carboxylic acids is 1. The van der Waals surface area contributed by atoms with Gasteiger partial charge < -0.3 is 14.2 Å². The Balaban J connectivity index is 1.84. The fraction of sp³-hybridized carbons (Fsp3) is 0.0556. The van der Waals surface area contributed by atoms with Gasteiger partial charge in [-0.25, -0.2) is 0 Å². The van der Waals surface area contributed by atoms with Gasteiger partial charge in [0, 0.05) is 16.5 Å². The van der Waals surface area contributed by atoms with Crippen LogP contribution in [0.1, 0.15) is 0 Å². The smallest absolute Gasteiger partial charge is 0.323 e. The summed E-state index contributed by atoms with van der Waals surface area (Å²) in [5, 5.41) is 14.1. The van der Waals surface area contributed by atoms with Crippen LogP contribution in [0.5, 0.6) is 0 Å². The number of rotatable bonds is 4. The van der Waals surface area contributed by atoms with Crippen molar-refractivity contribution in [3.05, 3.63) is 60.7 Å². The van der Waals surface area contributed by atoms with Crippen LogP contribution in [0, 0.1) is 0 Å². The van der Waals surface area contributed by atoms with E-state index in [4.69, 9.17) is 4.52 Å². The lowest BCUT2D eigenvalue weighted by atomic mass is 10.2. The molecular formula is C18H13N3O3. The zero-order chi connectivity index (χ0) is 16.5. The average Bonchev–Trinajstić information content (AvgIpc) is 3.21. The van der Waals surface area contributed by atoms with Gasteiger partial charge in [-0.2, -0.15) is 4.98 Å². The SMILES string of the molecule is O=C(O)Cn1c(-c2nc(-c3ccccc3)no2)cc2ccccc21. The molecule has 6 heteroatoms. The maximum atomic E-state index is 11.2. The summed E-state index contributed by atoms with van der Waals surface area (Å²) in [6, 6.07) is 18.9. The second-order valence-corrected chi connectivity index (χ2v) is 5.36. The third-order valence-electron chi connectivity index (χ3n) is 3.78. The van der Waals surface area contributed by atoms with Gasteiger partial charge in [0.1, 0.15) is 12.2 Å². The Labute approximate surface area is 137 Å². The third kappa shape index (κ3) is 2.44. The molecule has 0 aliphatic rings. The van der Waals surface area contributed by atoms with Crippen LogP contribution in [0.2, 0.25) is 0 Å². The number of hydrogen-bond donors (Lipinski definition) is 1. The lowest BCUT2D eigenvalue weighted by molar-refractivity contribution is -0.137. The molecule has 2 aromatic heterocycles. The van der Waals surface area contributed by atoms with Crippen molar-refractivity contribution >= 4 is 16.9 Å². The second-order valence-electron chi connectivity index (χ2n) is 5.36. The molecule has 0 amide bonds. The normalized spacial score (nSPS) is 11.0. The molecule has 0 saturated heterocycles. The number of para-hydroxylation sites is 1. The molecule has 4 rings (SSSR count). The van der Waals surface area contributed by atoms with E-state index in [0.717, 1.165) is 16.5 Å². The van der Waals surface area contributed by atoms with E-state index < -0.39 is 5.97 Å². The molecule has 2 aromatic carbocycles. The number of carbonyl (C=O) groups is 1. The summed E-state index contributed by atoms with van der Waals surface area (Å²) in [7, 11) is 0. The fourth-order valence-corrected chi connectivity index (χ4v) is 2.73. The zero-order valence-corrected chi connectivity index (χ0v) is 12.6. The first-order valence-electron chi connectivity index (χ1n) is 7.42. The average molecular weight is 319 g/mol. The number of nitrogens with zero attached hydrogens (tertiary/aromatic N) is 3. The summed E-state index contributed by atoms with van der Waals surface area (Å²) < 4.78 is 7.05. The maximum Gasteiger partial charge on any atom is 0.323 e. The lowest BCUT2D eigenvalue weighted by Crippen LogP contribution is -2.09. The number of hydrogen-bond acceptors (Lipinski definition) is 4. The molecule has 0 bridgehead atoms. The van der Waals surface area contributed by atoms with Crippen LogP contribution in [-0.4, -0.2) is 25.8 Å². The monoisotopic (exact) mass is 319 g/mol. The summed E-state index contributed by atoms with van der Waals surface area (Å²) in [4.78, 5) is 15.7. The fourth-order valence-electron chi connectivity index (χ4n) is 2.73. The summed E-state index contributed by atoms with van der Waals surface area (Å²) in [6.07, 6.45) is 0. The molecule has 4 aromatic rings. The maximum absolute atomic E-state index is 11.2. The van der Waals surface area contributed by atoms with Crippen molar-refractivity contribution in [3.8, 4) is 23.0 Å². The summed E-state index contributed by atoms with van der Waals surface area (Å²) in [5.41, 5.74) is 2.25. The van der Waals surface area contributed by atoms with Crippen LogP contribution in [-0.2, 0) is 11.3 Å². The van der Waals surface area contributed by atoms with Crippen LogP contribution in [0.15, 0.2) is 65.2 Å². The quantitative estimate of drug-likeness (QED) is 0.623. The van der Waals surface area contributed by atoms with Gasteiger partial charge in [0.15, 0.2) is 0 Å². The second kappa shape index (κ2) is 5.66. The molecule has 0 spiro atoms. The minimum Gasteiger partial charge on any atom is -0.480 e. The first kappa shape index (κ1) is 14.2. The molecule has 1 N–H and O–H groups in total. The largest absolute Gasteiger partial charge is 0.480 e. The standard InChI is InChI=1S/C18H13N3O3/c22-16(23)11-21-14-9-5-4-8-13(14)10-15(21)18-19-17(20-24-18)12-6-2-1-3-7-12/h1-10H,11H2,(H,22,23). The van der Waals surface area contributed by atoms with Crippen molar-refractivity contribution < 1.29 is 14.4 Å². The number of aromatic nitrogens is 3. The predicted molar refractivity (Wildman–Crippen MR) is 88.3 cm³/mol. The molecule has 2 heterocycles. The van der Waals surface area contributed by atoms with Crippen LogP contribution in [0.4, 0.5) is 0 Å². The Bertz CT molecular complexity index is 1020. The molecule has 0 aliphatic carbocycles. The molecular weight excluding hydrogens is 306 g/mol. The minimum absolute atomic E-state index is 0.175. The van der Waals surface area contributed by atoms with Gasteiger partial charge in [-0.05, 0) is 12.1 Å².